The van der Waals surface area contributed by atoms with Crippen molar-refractivity contribution in [2.75, 3.05) is 52.9 Å². The van der Waals surface area contributed by atoms with Crippen LogP contribution in [0.2, 0.25) is 0 Å². The summed E-state index contributed by atoms with van der Waals surface area (Å²) in [4.78, 5) is 18.1. The molecule has 8 heteroatoms. The van der Waals surface area contributed by atoms with Gasteiger partial charge in [-0.15, -0.1) is 0 Å². The Morgan fingerprint density at radius 3 is 2.36 bits per heavy atom. The van der Waals surface area contributed by atoms with E-state index in [0.717, 1.165) is 32.6 Å². The number of piperidine rings is 1. The number of amides is 2. The minimum absolute atomic E-state index is 0.272. The number of hydrogen-bond donors (Lipinski definition) is 1. The molecular formula is C14H25F3N4O. The summed E-state index contributed by atoms with van der Waals surface area (Å²) in [5, 5.41) is 1.95. The van der Waals surface area contributed by atoms with Crippen LogP contribution < -0.4 is 5.32 Å². The number of alkyl halides is 3. The Balaban J connectivity index is 1.80. The smallest absolute Gasteiger partial charge is 0.329 e. The van der Waals surface area contributed by atoms with E-state index < -0.39 is 18.8 Å². The number of nitrogens with one attached hydrogen (secondary N) is 1. The van der Waals surface area contributed by atoms with Crippen molar-refractivity contribution in [1.29, 1.82) is 0 Å². The first-order valence-electron chi connectivity index (χ1n) is 7.78. The molecule has 22 heavy (non-hydrogen) atoms. The number of rotatable bonds is 2. The van der Waals surface area contributed by atoms with Crippen molar-refractivity contribution in [1.82, 2.24) is 20.0 Å². The van der Waals surface area contributed by atoms with Gasteiger partial charge in [0, 0.05) is 45.3 Å². The van der Waals surface area contributed by atoms with Crippen LogP contribution in [0.1, 0.15) is 13.3 Å². The molecule has 0 aromatic heterocycles. The zero-order valence-electron chi connectivity index (χ0n) is 13.2. The van der Waals surface area contributed by atoms with Gasteiger partial charge in [-0.3, -0.25) is 4.90 Å². The maximum Gasteiger partial charge on any atom is 0.405 e. The second-order valence-corrected chi connectivity index (χ2v) is 6.39. The molecule has 0 aromatic rings. The van der Waals surface area contributed by atoms with Gasteiger partial charge in [0.15, 0.2) is 0 Å². The minimum Gasteiger partial charge on any atom is -0.329 e. The van der Waals surface area contributed by atoms with E-state index in [0.29, 0.717) is 19.1 Å². The predicted octanol–water partition coefficient (Wildman–Crippen LogP) is 1.22. The predicted molar refractivity (Wildman–Crippen MR) is 77.7 cm³/mol. The van der Waals surface area contributed by atoms with Crippen molar-refractivity contribution in [3.63, 3.8) is 0 Å². The fourth-order valence-corrected chi connectivity index (χ4v) is 3.30. The molecule has 5 nitrogen and oxygen atoms in total. The molecule has 2 atom stereocenters. The Bertz CT molecular complexity index is 383. The zero-order valence-corrected chi connectivity index (χ0v) is 13.2. The highest BCUT2D eigenvalue weighted by molar-refractivity contribution is 5.74. The molecule has 0 aromatic carbocycles. The van der Waals surface area contributed by atoms with E-state index in [9.17, 15) is 18.0 Å². The number of nitrogens with zero attached hydrogens (tertiary/aromatic N) is 3. The SMILES string of the molecule is C[C@H]1CN(C(=O)NCC(F)(F)F)CC[C@H]1N1CCN(C)CC1. The van der Waals surface area contributed by atoms with Crippen molar-refractivity contribution >= 4 is 6.03 Å². The van der Waals surface area contributed by atoms with Gasteiger partial charge in [0.2, 0.25) is 0 Å². The normalized spacial score (nSPS) is 28.7. The van der Waals surface area contributed by atoms with Gasteiger partial charge in [-0.25, -0.2) is 4.79 Å². The van der Waals surface area contributed by atoms with E-state index in [2.05, 4.69) is 23.8 Å². The molecule has 2 heterocycles. The summed E-state index contributed by atoms with van der Waals surface area (Å²) in [6.45, 7) is 5.96. The molecule has 2 rings (SSSR count). The van der Waals surface area contributed by atoms with Crippen molar-refractivity contribution in [2.24, 2.45) is 5.92 Å². The third-order valence-electron chi connectivity index (χ3n) is 4.59. The van der Waals surface area contributed by atoms with E-state index in [1.807, 2.05) is 5.32 Å². The first-order valence-corrected chi connectivity index (χ1v) is 7.78. The van der Waals surface area contributed by atoms with Crippen molar-refractivity contribution in [2.45, 2.75) is 25.6 Å². The van der Waals surface area contributed by atoms with Crippen molar-refractivity contribution in [3.8, 4) is 0 Å². The second kappa shape index (κ2) is 7.04. The van der Waals surface area contributed by atoms with Gasteiger partial charge >= 0.3 is 12.2 Å². The van der Waals surface area contributed by atoms with Gasteiger partial charge < -0.3 is 15.1 Å². The first kappa shape index (κ1) is 17.3. The van der Waals surface area contributed by atoms with Crippen molar-refractivity contribution < 1.29 is 18.0 Å². The van der Waals surface area contributed by atoms with Gasteiger partial charge in [0.05, 0.1) is 0 Å². The zero-order chi connectivity index (χ0) is 16.3. The fraction of sp³-hybridized carbons (Fsp3) is 0.929. The van der Waals surface area contributed by atoms with Crippen LogP contribution in [0.3, 0.4) is 0 Å². The molecule has 2 saturated heterocycles. The van der Waals surface area contributed by atoms with Crippen LogP contribution in [-0.4, -0.2) is 85.8 Å². The average Bonchev–Trinajstić information content (AvgIpc) is 2.45. The summed E-state index contributed by atoms with van der Waals surface area (Å²) in [6, 6.07) is -0.193. The number of halogens is 3. The molecule has 2 amide bonds. The summed E-state index contributed by atoms with van der Waals surface area (Å²) < 4.78 is 36.5. The maximum atomic E-state index is 12.2. The standard InChI is InChI=1S/C14H25F3N4O/c1-11-9-21(13(22)18-10-14(15,16)17)4-3-12(11)20-7-5-19(2)6-8-20/h11-12H,3-10H2,1-2H3,(H,18,22)/t11-,12+/m0/s1. The monoisotopic (exact) mass is 322 g/mol. The third-order valence-corrected chi connectivity index (χ3v) is 4.59. The summed E-state index contributed by atoms with van der Waals surface area (Å²) >= 11 is 0. The lowest BCUT2D eigenvalue weighted by Gasteiger charge is -2.45. The number of likely N-dealkylation sites (N-methyl/N-ethyl adjacent to an activating group) is 1. The molecule has 0 bridgehead atoms. The summed E-state index contributed by atoms with van der Waals surface area (Å²) in [5.74, 6) is 0.272. The number of piperazine rings is 1. The van der Waals surface area contributed by atoms with E-state index in [1.54, 1.807) is 0 Å². The lowest BCUT2D eigenvalue weighted by molar-refractivity contribution is -0.123. The van der Waals surface area contributed by atoms with Crippen LogP contribution in [0.4, 0.5) is 18.0 Å². The maximum absolute atomic E-state index is 12.2. The lowest BCUT2D eigenvalue weighted by atomic mass is 9.92. The van der Waals surface area contributed by atoms with Crippen LogP contribution in [0.15, 0.2) is 0 Å². The molecular weight excluding hydrogens is 297 g/mol. The quantitative estimate of drug-likeness (QED) is 0.831. The second-order valence-electron chi connectivity index (χ2n) is 6.39. The summed E-state index contributed by atoms with van der Waals surface area (Å²) in [5.41, 5.74) is 0. The topological polar surface area (TPSA) is 38.8 Å². The van der Waals surface area contributed by atoms with Gasteiger partial charge in [0.1, 0.15) is 6.54 Å². The van der Waals surface area contributed by atoms with Gasteiger partial charge in [-0.1, -0.05) is 6.92 Å². The number of urea groups is 1. The summed E-state index contributed by atoms with van der Waals surface area (Å²) in [6.07, 6.45) is -3.54. The highest BCUT2D eigenvalue weighted by Gasteiger charge is 2.34. The average molecular weight is 322 g/mol. The Morgan fingerprint density at radius 2 is 1.82 bits per heavy atom. The molecule has 128 valence electrons. The third kappa shape index (κ3) is 4.74. The molecule has 0 aliphatic carbocycles. The molecule has 1 N–H and O–H groups in total. The van der Waals surface area contributed by atoms with Crippen LogP contribution in [-0.2, 0) is 0 Å². The lowest BCUT2D eigenvalue weighted by Crippen LogP contribution is -2.57. The number of likely N-dealkylation sites (tertiary alicyclic amines) is 1. The van der Waals surface area contributed by atoms with Crippen LogP contribution in [0.5, 0.6) is 0 Å². The summed E-state index contributed by atoms with van der Waals surface area (Å²) in [7, 11) is 2.11. The molecule has 0 spiro atoms. The molecule has 2 fully saturated rings. The Labute approximate surface area is 129 Å². The fourth-order valence-electron chi connectivity index (χ4n) is 3.30. The Hall–Kier alpha value is -1.02. The molecule has 2 aliphatic rings. The van der Waals surface area contributed by atoms with Gasteiger partial charge in [-0.2, -0.15) is 13.2 Å². The van der Waals surface area contributed by atoms with Gasteiger partial charge in [0.25, 0.3) is 0 Å². The van der Waals surface area contributed by atoms with Crippen molar-refractivity contribution in [3.05, 3.63) is 0 Å². The number of hydrogen-bond acceptors (Lipinski definition) is 3. The van der Waals surface area contributed by atoms with Crippen LogP contribution in [0.25, 0.3) is 0 Å². The largest absolute Gasteiger partial charge is 0.405 e. The van der Waals surface area contributed by atoms with Crippen LogP contribution in [0, 0.1) is 5.92 Å². The highest BCUT2D eigenvalue weighted by atomic mass is 19.4. The van der Waals surface area contributed by atoms with E-state index >= 15 is 0 Å². The number of carbonyl (C=O) groups excluding carboxylic acids is 1. The Morgan fingerprint density at radius 1 is 1.18 bits per heavy atom. The minimum atomic E-state index is -4.36. The molecule has 0 radical (unpaired) electrons. The molecule has 0 unspecified atom stereocenters. The van der Waals surface area contributed by atoms with Crippen LogP contribution >= 0.6 is 0 Å². The van der Waals surface area contributed by atoms with E-state index in [4.69, 9.17) is 0 Å². The first-order chi connectivity index (χ1) is 10.3. The molecule has 2 aliphatic heterocycles. The van der Waals surface area contributed by atoms with E-state index in [-0.39, 0.29) is 5.92 Å². The van der Waals surface area contributed by atoms with E-state index in [1.165, 1.54) is 4.90 Å². The number of carbonyl (C=O) groups is 1. The molecule has 0 saturated carbocycles. The highest BCUT2D eigenvalue weighted by Crippen LogP contribution is 2.23. The van der Waals surface area contributed by atoms with Gasteiger partial charge in [-0.05, 0) is 19.4 Å². The Kier molecular flexibility index (Phi) is 5.55.